The van der Waals surface area contributed by atoms with E-state index in [0.717, 1.165) is 5.56 Å². The second-order valence-electron chi connectivity index (χ2n) is 4.94. The zero-order valence-corrected chi connectivity index (χ0v) is 11.3. The van der Waals surface area contributed by atoms with Crippen molar-refractivity contribution in [3.05, 3.63) is 59.9 Å². The Morgan fingerprint density at radius 3 is 2.33 bits per heavy atom. The van der Waals surface area contributed by atoms with E-state index in [9.17, 15) is 13.2 Å². The van der Waals surface area contributed by atoms with Gasteiger partial charge in [0.05, 0.1) is 0 Å². The molecule has 1 aromatic heterocycles. The molecule has 1 nitrogen and oxygen atoms in total. The predicted molar refractivity (Wildman–Crippen MR) is 76.2 cm³/mol. The van der Waals surface area contributed by atoms with Crippen LogP contribution in [-0.4, -0.2) is 6.43 Å². The molecule has 3 aromatic rings. The lowest BCUT2D eigenvalue weighted by molar-refractivity contribution is 0.0389. The molecule has 2 aromatic carbocycles. The number of furan rings is 1. The molecule has 0 bridgehead atoms. The van der Waals surface area contributed by atoms with Crippen LogP contribution in [0, 0.1) is 6.92 Å². The summed E-state index contributed by atoms with van der Waals surface area (Å²) in [6.07, 6.45) is -5.55. The second-order valence-corrected chi connectivity index (χ2v) is 4.94. The van der Waals surface area contributed by atoms with Gasteiger partial charge in [0.15, 0.2) is 5.76 Å². The summed E-state index contributed by atoms with van der Waals surface area (Å²) >= 11 is 0. The van der Waals surface area contributed by atoms with Gasteiger partial charge in [-0.25, -0.2) is 13.2 Å². The summed E-state index contributed by atoms with van der Waals surface area (Å²) in [5, 5.41) is 0.652. The SMILES string of the molecule is Cc1ccc2oc(C(F)C(F)F)c(-c3ccccc3)c2c1. The first kappa shape index (κ1) is 13.7. The molecule has 0 amide bonds. The largest absolute Gasteiger partial charge is 0.457 e. The number of fused-ring (bicyclic) bond motifs is 1. The summed E-state index contributed by atoms with van der Waals surface area (Å²) in [5.41, 5.74) is 2.44. The predicted octanol–water partition coefficient (Wildman–Crippen LogP) is 5.68. The molecule has 4 heteroatoms. The Labute approximate surface area is 120 Å². The summed E-state index contributed by atoms with van der Waals surface area (Å²) in [7, 11) is 0. The molecule has 21 heavy (non-hydrogen) atoms. The molecule has 3 rings (SSSR count). The van der Waals surface area contributed by atoms with Gasteiger partial charge in [0.2, 0.25) is 6.17 Å². The zero-order chi connectivity index (χ0) is 15.0. The van der Waals surface area contributed by atoms with Gasteiger partial charge < -0.3 is 4.42 Å². The molecule has 0 fully saturated rings. The lowest BCUT2D eigenvalue weighted by Crippen LogP contribution is -2.03. The summed E-state index contributed by atoms with van der Waals surface area (Å²) in [6, 6.07) is 14.2. The first-order chi connectivity index (χ1) is 10.1. The summed E-state index contributed by atoms with van der Waals surface area (Å²) in [5.74, 6) is -0.309. The molecule has 0 spiro atoms. The highest BCUT2D eigenvalue weighted by atomic mass is 19.3. The molecule has 1 heterocycles. The molecular weight excluding hydrogens is 277 g/mol. The van der Waals surface area contributed by atoms with E-state index in [1.54, 1.807) is 36.4 Å². The molecule has 0 N–H and O–H groups in total. The van der Waals surface area contributed by atoms with Gasteiger partial charge in [-0.1, -0.05) is 42.0 Å². The number of alkyl halides is 3. The molecule has 0 aliphatic rings. The van der Waals surface area contributed by atoms with Gasteiger partial charge in [-0.2, -0.15) is 0 Å². The lowest BCUT2D eigenvalue weighted by atomic mass is 9.99. The lowest BCUT2D eigenvalue weighted by Gasteiger charge is -2.07. The summed E-state index contributed by atoms with van der Waals surface area (Å²) < 4.78 is 44.8. The van der Waals surface area contributed by atoms with Crippen molar-refractivity contribution in [2.24, 2.45) is 0 Å². The Balaban J connectivity index is 2.32. The maximum atomic E-state index is 13.9. The highest BCUT2D eigenvalue weighted by Crippen LogP contribution is 2.41. The number of hydrogen-bond donors (Lipinski definition) is 0. The van der Waals surface area contributed by atoms with Crippen molar-refractivity contribution in [1.82, 2.24) is 0 Å². The first-order valence-corrected chi connectivity index (χ1v) is 6.58. The highest BCUT2D eigenvalue weighted by Gasteiger charge is 2.30. The summed E-state index contributed by atoms with van der Waals surface area (Å²) in [6.45, 7) is 1.89. The van der Waals surface area contributed by atoms with E-state index in [-0.39, 0.29) is 5.76 Å². The van der Waals surface area contributed by atoms with E-state index >= 15 is 0 Å². The van der Waals surface area contributed by atoms with Crippen molar-refractivity contribution in [3.8, 4) is 11.1 Å². The van der Waals surface area contributed by atoms with E-state index in [4.69, 9.17) is 4.42 Å². The van der Waals surface area contributed by atoms with E-state index < -0.39 is 12.6 Å². The number of halogens is 3. The van der Waals surface area contributed by atoms with Crippen molar-refractivity contribution < 1.29 is 17.6 Å². The van der Waals surface area contributed by atoms with E-state index in [2.05, 4.69) is 0 Å². The van der Waals surface area contributed by atoms with Crippen LogP contribution in [0.1, 0.15) is 17.5 Å². The third-order valence-electron chi connectivity index (χ3n) is 3.40. The van der Waals surface area contributed by atoms with Crippen molar-refractivity contribution >= 4 is 11.0 Å². The topological polar surface area (TPSA) is 13.1 Å². The third kappa shape index (κ3) is 2.42. The van der Waals surface area contributed by atoms with Gasteiger partial charge in [-0.05, 0) is 24.6 Å². The Bertz CT molecular complexity index is 762. The van der Waals surface area contributed by atoms with Crippen molar-refractivity contribution in [3.63, 3.8) is 0 Å². The average molecular weight is 290 g/mol. The fourth-order valence-electron chi connectivity index (χ4n) is 2.44. The van der Waals surface area contributed by atoms with Crippen LogP contribution < -0.4 is 0 Å². The van der Waals surface area contributed by atoms with Crippen LogP contribution in [-0.2, 0) is 0 Å². The standard InChI is InChI=1S/C17H13F3O/c1-10-7-8-13-12(9-10)14(11-5-3-2-4-6-11)16(21-13)15(18)17(19)20/h2-9,15,17H,1H3. The van der Waals surface area contributed by atoms with Crippen LogP contribution in [0.25, 0.3) is 22.1 Å². The minimum Gasteiger partial charge on any atom is -0.457 e. The molecular formula is C17H13F3O. The molecule has 0 aliphatic carbocycles. The zero-order valence-electron chi connectivity index (χ0n) is 11.3. The normalized spacial score (nSPS) is 13.0. The number of aryl methyl sites for hydroxylation is 1. The van der Waals surface area contributed by atoms with Gasteiger partial charge in [0.1, 0.15) is 5.58 Å². The van der Waals surface area contributed by atoms with Gasteiger partial charge in [0, 0.05) is 10.9 Å². The summed E-state index contributed by atoms with van der Waals surface area (Å²) in [4.78, 5) is 0. The van der Waals surface area contributed by atoms with Gasteiger partial charge in [0.25, 0.3) is 6.43 Å². The maximum absolute atomic E-state index is 13.9. The third-order valence-corrected chi connectivity index (χ3v) is 3.40. The monoisotopic (exact) mass is 290 g/mol. The van der Waals surface area contributed by atoms with Crippen LogP contribution in [0.4, 0.5) is 13.2 Å². The van der Waals surface area contributed by atoms with Crippen molar-refractivity contribution in [1.29, 1.82) is 0 Å². The molecule has 1 atom stereocenters. The molecule has 108 valence electrons. The molecule has 0 saturated carbocycles. The first-order valence-electron chi connectivity index (χ1n) is 6.58. The minimum atomic E-state index is -3.12. The quantitative estimate of drug-likeness (QED) is 0.604. The highest BCUT2D eigenvalue weighted by molar-refractivity contribution is 5.96. The van der Waals surface area contributed by atoms with E-state index in [1.807, 2.05) is 19.1 Å². The van der Waals surface area contributed by atoms with Crippen molar-refractivity contribution in [2.45, 2.75) is 19.5 Å². The van der Waals surface area contributed by atoms with Crippen LogP contribution >= 0.6 is 0 Å². The maximum Gasteiger partial charge on any atom is 0.276 e. The molecule has 0 aliphatic heterocycles. The number of benzene rings is 2. The minimum absolute atomic E-state index is 0.309. The number of hydrogen-bond acceptors (Lipinski definition) is 1. The van der Waals surface area contributed by atoms with Gasteiger partial charge >= 0.3 is 0 Å². The van der Waals surface area contributed by atoms with Crippen LogP contribution in [0.2, 0.25) is 0 Å². The van der Waals surface area contributed by atoms with E-state index in [0.29, 0.717) is 22.1 Å². The van der Waals surface area contributed by atoms with Crippen LogP contribution in [0.5, 0.6) is 0 Å². The second kappa shape index (κ2) is 5.28. The Hall–Kier alpha value is -2.23. The van der Waals surface area contributed by atoms with Gasteiger partial charge in [-0.15, -0.1) is 0 Å². The Kier molecular flexibility index (Phi) is 3.45. The fourth-order valence-corrected chi connectivity index (χ4v) is 2.44. The molecule has 0 saturated heterocycles. The van der Waals surface area contributed by atoms with Crippen LogP contribution in [0.15, 0.2) is 52.9 Å². The number of rotatable bonds is 3. The smallest absolute Gasteiger partial charge is 0.276 e. The van der Waals surface area contributed by atoms with Crippen molar-refractivity contribution in [2.75, 3.05) is 0 Å². The van der Waals surface area contributed by atoms with Crippen LogP contribution in [0.3, 0.4) is 0 Å². The Morgan fingerprint density at radius 2 is 1.67 bits per heavy atom. The van der Waals surface area contributed by atoms with E-state index in [1.165, 1.54) is 0 Å². The molecule has 0 radical (unpaired) electrons. The fraction of sp³-hybridized carbons (Fsp3) is 0.176. The average Bonchev–Trinajstić information content (AvgIpc) is 2.85. The Morgan fingerprint density at radius 1 is 0.952 bits per heavy atom. The van der Waals surface area contributed by atoms with Gasteiger partial charge in [-0.3, -0.25) is 0 Å². The molecule has 1 unspecified atom stereocenters.